The quantitative estimate of drug-likeness (QED) is 0.524. The van der Waals surface area contributed by atoms with Crippen molar-refractivity contribution in [3.63, 3.8) is 0 Å². The second kappa shape index (κ2) is 10.9. The van der Waals surface area contributed by atoms with Crippen molar-refractivity contribution in [2.75, 3.05) is 45.1 Å². The number of anilines is 1. The van der Waals surface area contributed by atoms with Gasteiger partial charge >= 0.3 is 0 Å². The molecule has 0 bridgehead atoms. The Kier molecular flexibility index (Phi) is 7.77. The summed E-state index contributed by atoms with van der Waals surface area (Å²) in [6, 6.07) is 18.4. The molecule has 2 aromatic carbocycles. The van der Waals surface area contributed by atoms with Crippen LogP contribution in [-0.4, -0.2) is 61.4 Å². The lowest BCUT2D eigenvalue weighted by Crippen LogP contribution is -2.47. The molecule has 4 rings (SSSR count). The van der Waals surface area contributed by atoms with Crippen molar-refractivity contribution in [2.24, 2.45) is 0 Å². The maximum absolute atomic E-state index is 13.2. The second-order valence-electron chi connectivity index (χ2n) is 8.17. The minimum Gasteiger partial charge on any atom is -0.344 e. The van der Waals surface area contributed by atoms with Gasteiger partial charge in [-0.3, -0.25) is 14.5 Å². The molecule has 1 saturated heterocycles. The minimum atomic E-state index is -0.248. The molecule has 2 heterocycles. The van der Waals surface area contributed by atoms with Crippen molar-refractivity contribution in [3.05, 3.63) is 87.1 Å². The summed E-state index contributed by atoms with van der Waals surface area (Å²) >= 11 is 7.64. The Morgan fingerprint density at radius 1 is 1.00 bits per heavy atom. The van der Waals surface area contributed by atoms with E-state index in [0.29, 0.717) is 21.2 Å². The van der Waals surface area contributed by atoms with Crippen molar-refractivity contribution in [2.45, 2.75) is 6.04 Å². The number of rotatable bonds is 7. The molecule has 0 spiro atoms. The molecule has 0 saturated carbocycles. The van der Waals surface area contributed by atoms with E-state index in [9.17, 15) is 9.59 Å². The van der Waals surface area contributed by atoms with Crippen molar-refractivity contribution in [1.82, 2.24) is 15.1 Å². The molecule has 1 aromatic heterocycles. The van der Waals surface area contributed by atoms with Crippen molar-refractivity contribution < 1.29 is 9.59 Å². The normalized spacial score (nSPS) is 15.7. The predicted molar refractivity (Wildman–Crippen MR) is 134 cm³/mol. The van der Waals surface area contributed by atoms with Crippen LogP contribution in [0.3, 0.4) is 0 Å². The highest BCUT2D eigenvalue weighted by Gasteiger charge is 2.22. The monoisotopic (exact) mass is 482 g/mol. The number of amides is 2. The fourth-order valence-corrected chi connectivity index (χ4v) is 4.59. The van der Waals surface area contributed by atoms with Gasteiger partial charge in [-0.1, -0.05) is 48.0 Å². The van der Waals surface area contributed by atoms with E-state index in [1.165, 1.54) is 11.3 Å². The van der Waals surface area contributed by atoms with Gasteiger partial charge in [-0.05, 0) is 42.3 Å². The maximum atomic E-state index is 13.2. The van der Waals surface area contributed by atoms with Crippen LogP contribution in [0.4, 0.5) is 5.69 Å². The lowest BCUT2D eigenvalue weighted by atomic mass is 10.0. The fraction of sp³-hybridized carbons (Fsp3) is 0.280. The van der Waals surface area contributed by atoms with Crippen molar-refractivity contribution >= 4 is 40.4 Å². The van der Waals surface area contributed by atoms with Crippen LogP contribution in [0.2, 0.25) is 5.02 Å². The Hall–Kier alpha value is -2.71. The van der Waals surface area contributed by atoms with Crippen LogP contribution in [0.25, 0.3) is 0 Å². The van der Waals surface area contributed by atoms with Gasteiger partial charge in [-0.2, -0.15) is 0 Å². The van der Waals surface area contributed by atoms with Crippen LogP contribution in [-0.2, 0) is 0 Å². The summed E-state index contributed by atoms with van der Waals surface area (Å²) in [5.74, 6) is -0.456. The zero-order valence-electron chi connectivity index (χ0n) is 18.5. The standard InChI is InChI=1S/C25H27ClN4O2S/c1-29-11-13-30(14-12-29)17-22(18-6-3-2-4-7-18)28-24(31)19-9-10-20(26)21(16-19)27-25(32)23-8-5-15-33-23/h2-10,15-16,22H,11-14,17H2,1H3,(H,27,32)(H,28,31). The number of likely N-dealkylation sites (N-methyl/N-ethyl adjacent to an activating group) is 1. The molecule has 33 heavy (non-hydrogen) atoms. The number of carbonyl (C=O) groups is 2. The van der Waals surface area contributed by atoms with Gasteiger partial charge in [0, 0.05) is 38.3 Å². The van der Waals surface area contributed by atoms with Gasteiger partial charge in [0.2, 0.25) is 0 Å². The smallest absolute Gasteiger partial charge is 0.265 e. The first-order valence-electron chi connectivity index (χ1n) is 10.9. The third-order valence-electron chi connectivity index (χ3n) is 5.77. The molecule has 8 heteroatoms. The number of piperazine rings is 1. The first-order valence-corrected chi connectivity index (χ1v) is 12.2. The Labute approximate surface area is 203 Å². The predicted octanol–water partition coefficient (Wildman–Crippen LogP) is 4.37. The number of hydrogen-bond acceptors (Lipinski definition) is 5. The molecule has 0 radical (unpaired) electrons. The Bertz CT molecular complexity index is 1080. The number of carbonyl (C=O) groups excluding carboxylic acids is 2. The van der Waals surface area contributed by atoms with Gasteiger partial charge in [0.1, 0.15) is 0 Å². The summed E-state index contributed by atoms with van der Waals surface area (Å²) in [5, 5.41) is 8.22. The van der Waals surface area contributed by atoms with E-state index >= 15 is 0 Å². The van der Waals surface area contributed by atoms with E-state index in [4.69, 9.17) is 11.6 Å². The van der Waals surface area contributed by atoms with Crippen LogP contribution in [0.5, 0.6) is 0 Å². The Balaban J connectivity index is 1.49. The van der Waals surface area contributed by atoms with Crippen molar-refractivity contribution in [1.29, 1.82) is 0 Å². The summed E-state index contributed by atoms with van der Waals surface area (Å²) in [4.78, 5) is 30.9. The lowest BCUT2D eigenvalue weighted by Gasteiger charge is -2.35. The van der Waals surface area contributed by atoms with Gasteiger partial charge < -0.3 is 15.5 Å². The number of benzene rings is 2. The molecule has 1 fully saturated rings. The van der Waals surface area contributed by atoms with Crippen LogP contribution < -0.4 is 10.6 Å². The van der Waals surface area contributed by atoms with Crippen LogP contribution >= 0.6 is 22.9 Å². The third kappa shape index (κ3) is 6.21. The largest absolute Gasteiger partial charge is 0.344 e. The average molecular weight is 483 g/mol. The highest BCUT2D eigenvalue weighted by atomic mass is 35.5. The first kappa shape index (κ1) is 23.4. The molecule has 3 aromatic rings. The van der Waals surface area contributed by atoms with Gasteiger partial charge in [0.25, 0.3) is 11.8 Å². The molecule has 2 N–H and O–H groups in total. The number of halogens is 1. The maximum Gasteiger partial charge on any atom is 0.265 e. The highest BCUT2D eigenvalue weighted by Crippen LogP contribution is 2.25. The highest BCUT2D eigenvalue weighted by molar-refractivity contribution is 7.12. The molecule has 1 aliphatic rings. The Morgan fingerprint density at radius 3 is 2.45 bits per heavy atom. The molecule has 1 unspecified atom stereocenters. The third-order valence-corrected chi connectivity index (χ3v) is 6.96. The summed E-state index contributed by atoms with van der Waals surface area (Å²) in [5.41, 5.74) is 1.92. The summed E-state index contributed by atoms with van der Waals surface area (Å²) in [6.07, 6.45) is 0. The van der Waals surface area contributed by atoms with E-state index in [2.05, 4.69) is 27.5 Å². The molecule has 172 valence electrons. The van der Waals surface area contributed by atoms with Gasteiger partial charge in [0.05, 0.1) is 21.6 Å². The average Bonchev–Trinajstić information content (AvgIpc) is 3.37. The first-order chi connectivity index (χ1) is 16.0. The topological polar surface area (TPSA) is 64.7 Å². The molecule has 1 aliphatic heterocycles. The van der Waals surface area contributed by atoms with E-state index in [1.807, 2.05) is 41.8 Å². The van der Waals surface area contributed by atoms with Gasteiger partial charge in [-0.25, -0.2) is 0 Å². The summed E-state index contributed by atoms with van der Waals surface area (Å²) < 4.78 is 0. The zero-order valence-corrected chi connectivity index (χ0v) is 20.0. The molecule has 2 amide bonds. The molecule has 6 nitrogen and oxygen atoms in total. The number of nitrogens with zero attached hydrogens (tertiary/aromatic N) is 2. The molecule has 0 aliphatic carbocycles. The molecule has 1 atom stereocenters. The SMILES string of the molecule is CN1CCN(CC(NC(=O)c2ccc(Cl)c(NC(=O)c3cccs3)c2)c2ccccc2)CC1. The number of thiophene rings is 1. The van der Waals surface area contributed by atoms with Gasteiger partial charge in [0.15, 0.2) is 0 Å². The molecular weight excluding hydrogens is 456 g/mol. The van der Waals surface area contributed by atoms with E-state index in [0.717, 1.165) is 38.3 Å². The minimum absolute atomic E-state index is 0.151. The second-order valence-corrected chi connectivity index (χ2v) is 9.52. The van der Waals surface area contributed by atoms with E-state index < -0.39 is 0 Å². The van der Waals surface area contributed by atoms with E-state index in [1.54, 1.807) is 24.3 Å². The molecular formula is C25H27ClN4O2S. The van der Waals surface area contributed by atoms with E-state index in [-0.39, 0.29) is 17.9 Å². The zero-order chi connectivity index (χ0) is 23.2. The number of hydrogen-bond donors (Lipinski definition) is 2. The lowest BCUT2D eigenvalue weighted by molar-refractivity contribution is 0.0906. The van der Waals surface area contributed by atoms with Gasteiger partial charge in [-0.15, -0.1) is 11.3 Å². The van der Waals surface area contributed by atoms with Crippen LogP contribution in [0, 0.1) is 0 Å². The fourth-order valence-electron chi connectivity index (χ4n) is 3.80. The van der Waals surface area contributed by atoms with Crippen LogP contribution in [0.15, 0.2) is 66.0 Å². The van der Waals surface area contributed by atoms with Crippen LogP contribution in [0.1, 0.15) is 31.6 Å². The summed E-state index contributed by atoms with van der Waals surface area (Å²) in [6.45, 7) is 4.70. The Morgan fingerprint density at radius 2 is 1.76 bits per heavy atom. The summed E-state index contributed by atoms with van der Waals surface area (Å²) in [7, 11) is 2.13. The van der Waals surface area contributed by atoms with Crippen molar-refractivity contribution in [3.8, 4) is 0 Å². The number of nitrogens with one attached hydrogen (secondary N) is 2.